The number of hydrogen-bond acceptors (Lipinski definition) is 4. The number of carbonyl (C=O) groups excluding carboxylic acids is 1. The maximum atomic E-state index is 13.2. The summed E-state index contributed by atoms with van der Waals surface area (Å²) in [6, 6.07) is 12.8. The SMILES string of the molecule is CCN(CC)CCCC(C)NC(=O)CC(c1ccc(N(C)C)cc1)c1cnc2c(C)cccn12. The number of anilines is 1. The van der Waals surface area contributed by atoms with E-state index in [1.165, 1.54) is 0 Å². The molecule has 0 aliphatic heterocycles. The van der Waals surface area contributed by atoms with Crippen LogP contribution in [-0.2, 0) is 4.79 Å². The zero-order chi connectivity index (χ0) is 24.7. The number of pyridine rings is 1. The summed E-state index contributed by atoms with van der Waals surface area (Å²) in [7, 11) is 4.07. The summed E-state index contributed by atoms with van der Waals surface area (Å²) in [6.07, 6.45) is 6.43. The van der Waals surface area contributed by atoms with Crippen molar-refractivity contribution < 1.29 is 4.79 Å². The lowest BCUT2D eigenvalue weighted by Gasteiger charge is -2.22. The average molecular weight is 464 g/mol. The first-order valence-electron chi connectivity index (χ1n) is 12.6. The van der Waals surface area contributed by atoms with E-state index < -0.39 is 0 Å². The molecule has 3 rings (SSSR count). The molecule has 0 radical (unpaired) electrons. The Morgan fingerprint density at radius 1 is 1.12 bits per heavy atom. The van der Waals surface area contributed by atoms with Gasteiger partial charge >= 0.3 is 0 Å². The summed E-state index contributed by atoms with van der Waals surface area (Å²) >= 11 is 0. The van der Waals surface area contributed by atoms with E-state index >= 15 is 0 Å². The summed E-state index contributed by atoms with van der Waals surface area (Å²) < 4.78 is 2.13. The van der Waals surface area contributed by atoms with Crippen LogP contribution in [0.5, 0.6) is 0 Å². The normalized spacial score (nSPS) is 13.3. The fourth-order valence-electron chi connectivity index (χ4n) is 4.58. The molecule has 0 aliphatic rings. The molecule has 2 atom stereocenters. The summed E-state index contributed by atoms with van der Waals surface area (Å²) in [5, 5.41) is 3.25. The smallest absolute Gasteiger partial charge is 0.221 e. The van der Waals surface area contributed by atoms with Gasteiger partial charge in [0, 0.05) is 50.6 Å². The Morgan fingerprint density at radius 3 is 2.47 bits per heavy atom. The first-order chi connectivity index (χ1) is 16.3. The number of rotatable bonds is 12. The molecule has 0 fully saturated rings. The summed E-state index contributed by atoms with van der Waals surface area (Å²) in [4.78, 5) is 22.3. The Kier molecular flexibility index (Phi) is 9.11. The molecule has 6 heteroatoms. The van der Waals surface area contributed by atoms with Crippen molar-refractivity contribution >= 4 is 17.2 Å². The van der Waals surface area contributed by atoms with Crippen LogP contribution >= 0.6 is 0 Å². The predicted molar refractivity (Wildman–Crippen MR) is 142 cm³/mol. The lowest BCUT2D eigenvalue weighted by Crippen LogP contribution is -2.34. The van der Waals surface area contributed by atoms with Crippen molar-refractivity contribution in [2.75, 3.05) is 38.6 Å². The highest BCUT2D eigenvalue weighted by Gasteiger charge is 2.23. The van der Waals surface area contributed by atoms with Gasteiger partial charge in [-0.3, -0.25) is 4.79 Å². The van der Waals surface area contributed by atoms with E-state index in [1.54, 1.807) is 0 Å². The molecule has 34 heavy (non-hydrogen) atoms. The second-order valence-corrected chi connectivity index (χ2v) is 9.45. The standard InChI is InChI=1S/C28H41N5O/c1-7-32(8-2)17-10-12-22(4)30-27(34)19-25(23-13-15-24(16-14-23)31(5)6)26-20-29-28-21(3)11-9-18-33(26)28/h9,11,13-16,18,20,22,25H,7-8,10,12,17,19H2,1-6H3,(H,30,34). The van der Waals surface area contributed by atoms with Gasteiger partial charge in [-0.15, -0.1) is 0 Å². The number of aryl methyl sites for hydroxylation is 1. The van der Waals surface area contributed by atoms with Gasteiger partial charge in [-0.2, -0.15) is 0 Å². The lowest BCUT2D eigenvalue weighted by atomic mass is 9.92. The molecule has 0 bridgehead atoms. The molecule has 0 saturated heterocycles. The topological polar surface area (TPSA) is 52.9 Å². The van der Waals surface area contributed by atoms with Gasteiger partial charge in [0.25, 0.3) is 0 Å². The molecule has 0 saturated carbocycles. The number of carbonyl (C=O) groups is 1. The van der Waals surface area contributed by atoms with Gasteiger partial charge in [0.1, 0.15) is 5.65 Å². The highest BCUT2D eigenvalue weighted by atomic mass is 16.1. The van der Waals surface area contributed by atoms with E-state index in [0.29, 0.717) is 6.42 Å². The van der Waals surface area contributed by atoms with Crippen LogP contribution in [0.1, 0.15) is 62.8 Å². The first kappa shape index (κ1) is 25.8. The maximum absolute atomic E-state index is 13.2. The van der Waals surface area contributed by atoms with Gasteiger partial charge in [0.05, 0.1) is 5.69 Å². The second kappa shape index (κ2) is 12.0. The van der Waals surface area contributed by atoms with Gasteiger partial charge in [-0.25, -0.2) is 4.98 Å². The summed E-state index contributed by atoms with van der Waals surface area (Å²) in [5.41, 5.74) is 5.38. The zero-order valence-electron chi connectivity index (χ0n) is 21.7. The molecular formula is C28H41N5O. The van der Waals surface area contributed by atoms with Crippen LogP contribution < -0.4 is 10.2 Å². The monoisotopic (exact) mass is 463 g/mol. The third-order valence-corrected chi connectivity index (χ3v) is 6.73. The van der Waals surface area contributed by atoms with E-state index in [4.69, 9.17) is 0 Å². The highest BCUT2D eigenvalue weighted by molar-refractivity contribution is 5.78. The molecule has 1 aromatic carbocycles. The molecule has 1 amide bonds. The van der Waals surface area contributed by atoms with Crippen molar-refractivity contribution in [1.29, 1.82) is 0 Å². The molecule has 2 unspecified atom stereocenters. The Morgan fingerprint density at radius 2 is 1.82 bits per heavy atom. The largest absolute Gasteiger partial charge is 0.378 e. The van der Waals surface area contributed by atoms with Crippen molar-refractivity contribution in [2.45, 2.75) is 58.9 Å². The van der Waals surface area contributed by atoms with Crippen LogP contribution in [0, 0.1) is 6.92 Å². The van der Waals surface area contributed by atoms with Crippen LogP contribution in [0.15, 0.2) is 48.8 Å². The van der Waals surface area contributed by atoms with Crippen LogP contribution in [-0.4, -0.2) is 60.0 Å². The number of hydrogen-bond donors (Lipinski definition) is 1. The van der Waals surface area contributed by atoms with E-state index in [2.05, 4.69) is 82.5 Å². The van der Waals surface area contributed by atoms with Gasteiger partial charge < -0.3 is 19.5 Å². The summed E-state index contributed by atoms with van der Waals surface area (Å²) in [6.45, 7) is 11.8. The van der Waals surface area contributed by atoms with Crippen LogP contribution in [0.25, 0.3) is 5.65 Å². The minimum Gasteiger partial charge on any atom is -0.378 e. The molecule has 0 aliphatic carbocycles. The van der Waals surface area contributed by atoms with Gasteiger partial charge in [0.15, 0.2) is 0 Å². The predicted octanol–water partition coefficient (Wildman–Crippen LogP) is 4.86. The van der Waals surface area contributed by atoms with Crippen LogP contribution in [0.3, 0.4) is 0 Å². The molecule has 184 valence electrons. The minimum atomic E-state index is -0.0733. The van der Waals surface area contributed by atoms with E-state index in [1.807, 2.05) is 32.6 Å². The molecule has 1 N–H and O–H groups in total. The highest BCUT2D eigenvalue weighted by Crippen LogP contribution is 2.30. The molecular weight excluding hydrogens is 422 g/mol. The molecule has 6 nitrogen and oxygen atoms in total. The van der Waals surface area contributed by atoms with Crippen molar-refractivity contribution in [3.8, 4) is 0 Å². The van der Waals surface area contributed by atoms with Crippen molar-refractivity contribution in [2.24, 2.45) is 0 Å². The van der Waals surface area contributed by atoms with E-state index in [9.17, 15) is 4.79 Å². The average Bonchev–Trinajstić information content (AvgIpc) is 3.25. The van der Waals surface area contributed by atoms with Gasteiger partial charge in [-0.1, -0.05) is 32.0 Å². The number of amides is 1. The number of fused-ring (bicyclic) bond motifs is 1. The quantitative estimate of drug-likeness (QED) is 0.417. The van der Waals surface area contributed by atoms with Crippen molar-refractivity contribution in [3.05, 3.63) is 65.6 Å². The molecule has 3 aromatic rings. The third kappa shape index (κ3) is 6.38. The van der Waals surface area contributed by atoms with Gasteiger partial charge in [0.2, 0.25) is 5.91 Å². The zero-order valence-corrected chi connectivity index (χ0v) is 21.7. The van der Waals surface area contributed by atoms with E-state index in [0.717, 1.165) is 60.6 Å². The van der Waals surface area contributed by atoms with Crippen LogP contribution in [0.4, 0.5) is 5.69 Å². The van der Waals surface area contributed by atoms with Crippen molar-refractivity contribution in [1.82, 2.24) is 19.6 Å². The fraction of sp³-hybridized carbons (Fsp3) is 0.500. The summed E-state index contributed by atoms with van der Waals surface area (Å²) in [5.74, 6) is 0.00974. The fourth-order valence-corrected chi connectivity index (χ4v) is 4.58. The Labute approximate surface area is 205 Å². The number of aromatic nitrogens is 2. The first-order valence-corrected chi connectivity index (χ1v) is 12.6. The number of benzene rings is 1. The molecule has 2 heterocycles. The number of nitrogens with one attached hydrogen (secondary N) is 1. The van der Waals surface area contributed by atoms with Gasteiger partial charge in [-0.05, 0) is 75.6 Å². The van der Waals surface area contributed by atoms with Crippen LogP contribution in [0.2, 0.25) is 0 Å². The minimum absolute atomic E-state index is 0.0733. The maximum Gasteiger partial charge on any atom is 0.221 e. The second-order valence-electron chi connectivity index (χ2n) is 9.45. The Balaban J connectivity index is 1.77. The van der Waals surface area contributed by atoms with E-state index in [-0.39, 0.29) is 17.9 Å². The Hall–Kier alpha value is -2.86. The van der Waals surface area contributed by atoms with Crippen molar-refractivity contribution in [3.63, 3.8) is 0 Å². The molecule has 2 aromatic heterocycles. The number of imidazole rings is 1. The Bertz CT molecular complexity index is 1050. The third-order valence-electron chi connectivity index (χ3n) is 6.73. The molecule has 0 spiro atoms. The lowest BCUT2D eigenvalue weighted by molar-refractivity contribution is -0.122. The number of nitrogens with zero attached hydrogens (tertiary/aromatic N) is 4.